The molecule has 2 heterocycles. The number of carbonyl (C=O) groups excluding carboxylic acids is 1. The van der Waals surface area contributed by atoms with Crippen LogP contribution < -0.4 is 11.5 Å². The second-order valence-electron chi connectivity index (χ2n) is 7.15. The lowest BCUT2D eigenvalue weighted by Crippen LogP contribution is -2.20. The Kier molecular flexibility index (Phi) is 5.77. The number of amides is 1. The number of fused-ring (bicyclic) bond motifs is 1. The van der Waals surface area contributed by atoms with Crippen molar-refractivity contribution < 1.29 is 13.9 Å². The molecule has 3 aromatic rings. The lowest BCUT2D eigenvalue weighted by Gasteiger charge is -2.20. The molecule has 0 saturated carbocycles. The van der Waals surface area contributed by atoms with Gasteiger partial charge >= 0.3 is 0 Å². The smallest absolute Gasteiger partial charge is 0.252 e. The van der Waals surface area contributed by atoms with E-state index in [9.17, 15) is 9.18 Å². The average molecular weight is 420 g/mol. The monoisotopic (exact) mass is 419 g/mol. The molecule has 0 fully saturated rings. The van der Waals surface area contributed by atoms with Gasteiger partial charge in [-0.2, -0.15) is 0 Å². The highest BCUT2D eigenvalue weighted by Gasteiger charge is 2.27. The van der Waals surface area contributed by atoms with E-state index in [2.05, 4.69) is 9.97 Å². The van der Waals surface area contributed by atoms with Gasteiger partial charge in [-0.15, -0.1) is 0 Å². The molecule has 7 nitrogen and oxygen atoms in total. The van der Waals surface area contributed by atoms with Crippen LogP contribution in [0.3, 0.4) is 0 Å². The number of benzene rings is 1. The minimum atomic E-state index is -0.904. The van der Waals surface area contributed by atoms with Crippen molar-refractivity contribution in [3.8, 4) is 0 Å². The van der Waals surface area contributed by atoms with Crippen LogP contribution in [0.5, 0.6) is 0 Å². The topological polar surface area (TPSA) is 109 Å². The van der Waals surface area contributed by atoms with Gasteiger partial charge in [-0.05, 0) is 38.0 Å². The lowest BCUT2D eigenvalue weighted by atomic mass is 9.91. The number of hydrogen-bond donors (Lipinski definition) is 2. The van der Waals surface area contributed by atoms with Gasteiger partial charge in [0.2, 0.25) is 0 Å². The molecule has 2 aromatic heterocycles. The number of aromatic nitrogens is 3. The summed E-state index contributed by atoms with van der Waals surface area (Å²) in [5.74, 6) is -1.11. The molecule has 0 aliphatic rings. The molecule has 0 aliphatic carbocycles. The zero-order valence-corrected chi connectivity index (χ0v) is 17.4. The molecule has 1 amide bonds. The molecule has 0 bridgehead atoms. The number of imidazole rings is 1. The zero-order valence-electron chi connectivity index (χ0n) is 16.7. The van der Waals surface area contributed by atoms with Gasteiger partial charge < -0.3 is 16.2 Å². The van der Waals surface area contributed by atoms with Crippen molar-refractivity contribution in [2.24, 2.45) is 5.73 Å². The van der Waals surface area contributed by atoms with Crippen LogP contribution in [0.15, 0.2) is 18.5 Å². The number of ether oxygens (including phenoxy) is 1. The van der Waals surface area contributed by atoms with Crippen LogP contribution in [0.1, 0.15) is 59.7 Å². The first-order chi connectivity index (χ1) is 13.6. The second kappa shape index (κ2) is 7.96. The number of nitrogen functional groups attached to an aromatic ring is 1. The van der Waals surface area contributed by atoms with Crippen LogP contribution in [0.2, 0.25) is 5.02 Å². The molecule has 4 N–H and O–H groups in total. The summed E-state index contributed by atoms with van der Waals surface area (Å²) >= 11 is 6.10. The average Bonchev–Trinajstić information content (AvgIpc) is 2.99. The summed E-state index contributed by atoms with van der Waals surface area (Å²) in [4.78, 5) is 20.8. The van der Waals surface area contributed by atoms with E-state index in [4.69, 9.17) is 27.8 Å². The van der Waals surface area contributed by atoms with E-state index in [-0.39, 0.29) is 29.2 Å². The second-order valence-corrected chi connectivity index (χ2v) is 7.55. The van der Waals surface area contributed by atoms with Crippen molar-refractivity contribution in [1.29, 1.82) is 0 Å². The van der Waals surface area contributed by atoms with Gasteiger partial charge in [0.1, 0.15) is 17.2 Å². The molecule has 0 spiro atoms. The van der Waals surface area contributed by atoms with E-state index in [0.29, 0.717) is 34.0 Å². The largest absolute Gasteiger partial charge is 0.382 e. The van der Waals surface area contributed by atoms with Gasteiger partial charge in [0.15, 0.2) is 5.82 Å². The number of nitrogens with zero attached hydrogens (tertiary/aromatic N) is 3. The first kappa shape index (κ1) is 21.0. The SMILES string of the molecule is Cc1nc([C@@H](C)c2cc(Cl)c(F)c(C(N)=O)c2COC(C)C)n2ccnc(N)c12. The Morgan fingerprint density at radius 2 is 2.07 bits per heavy atom. The predicted molar refractivity (Wildman–Crippen MR) is 110 cm³/mol. The standard InChI is InChI=1S/C20H23ClFN5O2/c1-9(2)29-8-13-12(7-14(21)16(22)15(13)19(24)28)10(3)20-26-11(4)17-18(23)25-5-6-27(17)20/h5-7,9-10H,8H2,1-4H3,(H2,23,25)(H2,24,28)/t10-/m0/s1. The van der Waals surface area contributed by atoms with Crippen LogP contribution >= 0.6 is 11.6 Å². The molecule has 0 radical (unpaired) electrons. The molecule has 0 unspecified atom stereocenters. The fourth-order valence-corrected chi connectivity index (χ4v) is 3.66. The molecular formula is C20H23ClFN5O2. The van der Waals surface area contributed by atoms with Crippen LogP contribution in [0.25, 0.3) is 5.52 Å². The maximum absolute atomic E-state index is 14.7. The van der Waals surface area contributed by atoms with E-state index in [0.717, 1.165) is 0 Å². The van der Waals surface area contributed by atoms with E-state index in [1.54, 1.807) is 12.4 Å². The number of nitrogens with two attached hydrogens (primary N) is 2. The summed E-state index contributed by atoms with van der Waals surface area (Å²) in [5, 5.41) is -0.187. The van der Waals surface area contributed by atoms with Crippen LogP contribution in [0.4, 0.5) is 10.2 Å². The molecule has 1 aromatic carbocycles. The normalized spacial score (nSPS) is 12.7. The molecule has 0 saturated heterocycles. The third kappa shape index (κ3) is 3.77. The fourth-order valence-electron chi connectivity index (χ4n) is 3.45. The Hall–Kier alpha value is -2.71. The van der Waals surface area contributed by atoms with Crippen LogP contribution in [-0.2, 0) is 11.3 Å². The van der Waals surface area contributed by atoms with Crippen LogP contribution in [-0.4, -0.2) is 26.4 Å². The van der Waals surface area contributed by atoms with Crippen molar-refractivity contribution in [2.45, 2.75) is 46.3 Å². The van der Waals surface area contributed by atoms with E-state index < -0.39 is 11.7 Å². The van der Waals surface area contributed by atoms with Crippen molar-refractivity contribution in [3.63, 3.8) is 0 Å². The molecule has 29 heavy (non-hydrogen) atoms. The fraction of sp³-hybridized carbons (Fsp3) is 0.350. The number of aryl methyl sites for hydroxylation is 1. The molecule has 9 heteroatoms. The van der Waals surface area contributed by atoms with E-state index in [1.807, 2.05) is 32.1 Å². The first-order valence-electron chi connectivity index (χ1n) is 9.14. The molecule has 0 aliphatic heterocycles. The van der Waals surface area contributed by atoms with E-state index in [1.165, 1.54) is 6.07 Å². The summed E-state index contributed by atoms with van der Waals surface area (Å²) in [6.45, 7) is 7.42. The van der Waals surface area contributed by atoms with Gasteiger partial charge in [0.25, 0.3) is 5.91 Å². The third-order valence-electron chi connectivity index (χ3n) is 4.81. The lowest BCUT2D eigenvalue weighted by molar-refractivity contribution is 0.0640. The number of carbonyl (C=O) groups is 1. The Morgan fingerprint density at radius 3 is 2.69 bits per heavy atom. The number of rotatable bonds is 6. The maximum Gasteiger partial charge on any atom is 0.252 e. The summed E-state index contributed by atoms with van der Waals surface area (Å²) in [6.07, 6.45) is 3.20. The highest BCUT2D eigenvalue weighted by Crippen LogP contribution is 2.35. The first-order valence-corrected chi connectivity index (χ1v) is 9.52. The van der Waals surface area contributed by atoms with Gasteiger partial charge in [-0.1, -0.05) is 18.5 Å². The summed E-state index contributed by atoms with van der Waals surface area (Å²) in [7, 11) is 0. The van der Waals surface area contributed by atoms with Crippen molar-refractivity contribution in [2.75, 3.05) is 5.73 Å². The van der Waals surface area contributed by atoms with Gasteiger partial charge in [-0.3, -0.25) is 9.20 Å². The Balaban J connectivity index is 2.25. The highest BCUT2D eigenvalue weighted by atomic mass is 35.5. The van der Waals surface area contributed by atoms with Gasteiger partial charge in [0, 0.05) is 18.3 Å². The summed E-state index contributed by atoms with van der Waals surface area (Å²) in [5.41, 5.74) is 13.6. The van der Waals surface area contributed by atoms with Crippen LogP contribution in [0, 0.1) is 12.7 Å². The third-order valence-corrected chi connectivity index (χ3v) is 5.08. The molecular weight excluding hydrogens is 397 g/mol. The predicted octanol–water partition coefficient (Wildman–Crippen LogP) is 3.59. The molecule has 3 rings (SSSR count). The Labute approximate surface area is 172 Å². The number of anilines is 1. The maximum atomic E-state index is 14.7. The summed E-state index contributed by atoms with van der Waals surface area (Å²) in [6, 6.07) is 1.49. The Bertz CT molecular complexity index is 1100. The van der Waals surface area contributed by atoms with Crippen molar-refractivity contribution in [3.05, 3.63) is 57.5 Å². The Morgan fingerprint density at radius 1 is 1.38 bits per heavy atom. The molecule has 154 valence electrons. The van der Waals surface area contributed by atoms with Crippen molar-refractivity contribution in [1.82, 2.24) is 14.4 Å². The van der Waals surface area contributed by atoms with Crippen molar-refractivity contribution >= 4 is 28.8 Å². The van der Waals surface area contributed by atoms with Gasteiger partial charge in [0.05, 0.1) is 29.0 Å². The minimum absolute atomic E-state index is 0.00961. The zero-order chi connectivity index (χ0) is 21.5. The highest BCUT2D eigenvalue weighted by molar-refractivity contribution is 6.31. The quantitative estimate of drug-likeness (QED) is 0.634. The number of hydrogen-bond acceptors (Lipinski definition) is 5. The van der Waals surface area contributed by atoms with E-state index >= 15 is 0 Å². The number of halogens is 2. The minimum Gasteiger partial charge on any atom is -0.382 e. The number of primary amides is 1. The molecule has 1 atom stereocenters. The summed E-state index contributed by atoms with van der Waals surface area (Å²) < 4.78 is 22.2. The van der Waals surface area contributed by atoms with Gasteiger partial charge in [-0.25, -0.2) is 14.4 Å².